The normalized spacial score (nSPS) is 11.6. The van der Waals surface area contributed by atoms with Crippen LogP contribution in [0.2, 0.25) is 0 Å². The van der Waals surface area contributed by atoms with E-state index < -0.39 is 12.1 Å². The maximum Gasteiger partial charge on any atom is 0.338 e. The van der Waals surface area contributed by atoms with Crippen molar-refractivity contribution in [3.05, 3.63) is 77.6 Å². The lowest BCUT2D eigenvalue weighted by molar-refractivity contribution is -0.129. The molecule has 0 aliphatic heterocycles. The van der Waals surface area contributed by atoms with Gasteiger partial charge in [0.2, 0.25) is 0 Å². The van der Waals surface area contributed by atoms with Gasteiger partial charge in [0.25, 0.3) is 5.91 Å². The third kappa shape index (κ3) is 4.82. The zero-order valence-corrected chi connectivity index (χ0v) is 16.6. The van der Waals surface area contributed by atoms with Crippen molar-refractivity contribution in [1.82, 2.24) is 15.1 Å². The van der Waals surface area contributed by atoms with Crippen molar-refractivity contribution in [2.75, 3.05) is 7.11 Å². The summed E-state index contributed by atoms with van der Waals surface area (Å²) in [5.74, 6) is -0.258. The zero-order chi connectivity index (χ0) is 20.8. The fourth-order valence-corrected chi connectivity index (χ4v) is 2.84. The molecule has 0 aliphatic carbocycles. The first kappa shape index (κ1) is 20.1. The van der Waals surface area contributed by atoms with Gasteiger partial charge in [0.15, 0.2) is 6.10 Å². The van der Waals surface area contributed by atoms with Gasteiger partial charge in [-0.2, -0.15) is 5.10 Å². The van der Waals surface area contributed by atoms with Crippen molar-refractivity contribution >= 4 is 11.9 Å². The summed E-state index contributed by atoms with van der Waals surface area (Å²) in [6.45, 7) is 3.76. The lowest BCUT2D eigenvalue weighted by atomic mass is 10.2. The van der Waals surface area contributed by atoms with Crippen molar-refractivity contribution in [1.29, 1.82) is 0 Å². The van der Waals surface area contributed by atoms with E-state index in [4.69, 9.17) is 9.47 Å². The SMILES string of the molecule is COc1ccccc1CNC(=O)[C@H](C)OC(=O)c1ccc(-n2nccc2C)cc1. The van der Waals surface area contributed by atoms with Gasteiger partial charge >= 0.3 is 5.97 Å². The first-order valence-corrected chi connectivity index (χ1v) is 9.21. The number of hydrogen-bond acceptors (Lipinski definition) is 5. The number of nitrogens with zero attached hydrogens (tertiary/aromatic N) is 2. The molecular weight excluding hydrogens is 370 g/mol. The van der Waals surface area contributed by atoms with Crippen LogP contribution in [0.25, 0.3) is 5.69 Å². The standard InChI is InChI=1S/C22H23N3O4/c1-15-12-13-24-25(15)19-10-8-17(9-11-19)22(27)29-16(2)21(26)23-14-18-6-4-5-7-20(18)28-3/h4-13,16H,14H2,1-3H3,(H,23,26)/t16-/m0/s1. The van der Waals surface area contributed by atoms with Gasteiger partial charge in [-0.05, 0) is 50.2 Å². The first-order chi connectivity index (χ1) is 14.0. The van der Waals surface area contributed by atoms with Crippen LogP contribution in [0.15, 0.2) is 60.8 Å². The van der Waals surface area contributed by atoms with Crippen LogP contribution in [0.1, 0.15) is 28.5 Å². The van der Waals surface area contributed by atoms with Crippen LogP contribution in [0.3, 0.4) is 0 Å². The van der Waals surface area contributed by atoms with E-state index in [1.807, 2.05) is 37.3 Å². The maximum absolute atomic E-state index is 12.4. The summed E-state index contributed by atoms with van der Waals surface area (Å²) in [6.07, 6.45) is 0.785. The Morgan fingerprint density at radius 2 is 1.83 bits per heavy atom. The predicted molar refractivity (Wildman–Crippen MR) is 108 cm³/mol. The van der Waals surface area contributed by atoms with E-state index in [9.17, 15) is 9.59 Å². The molecule has 0 bridgehead atoms. The molecule has 3 aromatic rings. The molecule has 0 fully saturated rings. The quantitative estimate of drug-likeness (QED) is 0.624. The second-order valence-electron chi connectivity index (χ2n) is 6.51. The summed E-state index contributed by atoms with van der Waals surface area (Å²) in [5, 5.41) is 6.98. The fraction of sp³-hybridized carbons (Fsp3) is 0.227. The molecule has 1 amide bonds. The van der Waals surface area contributed by atoms with Crippen molar-refractivity contribution in [2.24, 2.45) is 0 Å². The molecule has 1 N–H and O–H groups in total. The molecule has 0 spiro atoms. The number of para-hydroxylation sites is 1. The highest BCUT2D eigenvalue weighted by atomic mass is 16.5. The molecule has 0 saturated carbocycles. The maximum atomic E-state index is 12.4. The molecule has 0 unspecified atom stereocenters. The predicted octanol–water partition coefficient (Wildman–Crippen LogP) is 3.05. The number of rotatable bonds is 7. The third-order valence-electron chi connectivity index (χ3n) is 4.48. The number of hydrogen-bond donors (Lipinski definition) is 1. The van der Waals surface area contributed by atoms with Crippen molar-refractivity contribution in [3.63, 3.8) is 0 Å². The van der Waals surface area contributed by atoms with Crippen LogP contribution in [-0.2, 0) is 16.1 Å². The summed E-state index contributed by atoms with van der Waals surface area (Å²) in [6, 6.07) is 16.2. The van der Waals surface area contributed by atoms with E-state index in [1.54, 1.807) is 42.3 Å². The minimum Gasteiger partial charge on any atom is -0.496 e. The largest absolute Gasteiger partial charge is 0.496 e. The molecule has 3 rings (SSSR count). The van der Waals surface area contributed by atoms with Crippen LogP contribution in [0.4, 0.5) is 0 Å². The van der Waals surface area contributed by atoms with E-state index >= 15 is 0 Å². The van der Waals surface area contributed by atoms with Crippen LogP contribution >= 0.6 is 0 Å². The molecule has 7 nitrogen and oxygen atoms in total. The van der Waals surface area contributed by atoms with E-state index in [0.717, 1.165) is 16.9 Å². The molecule has 1 aromatic heterocycles. The monoisotopic (exact) mass is 393 g/mol. The van der Waals surface area contributed by atoms with E-state index in [2.05, 4.69) is 10.4 Å². The second-order valence-corrected chi connectivity index (χ2v) is 6.51. The van der Waals surface area contributed by atoms with Gasteiger partial charge in [-0.15, -0.1) is 0 Å². The van der Waals surface area contributed by atoms with Crippen molar-refractivity contribution in [2.45, 2.75) is 26.5 Å². The van der Waals surface area contributed by atoms with Crippen LogP contribution < -0.4 is 10.1 Å². The van der Waals surface area contributed by atoms with Crippen molar-refractivity contribution < 1.29 is 19.1 Å². The topological polar surface area (TPSA) is 82.5 Å². The number of benzene rings is 2. The minimum atomic E-state index is -0.926. The Balaban J connectivity index is 1.57. The number of carbonyl (C=O) groups is 2. The number of methoxy groups -OCH3 is 1. The van der Waals surface area contributed by atoms with Crippen molar-refractivity contribution in [3.8, 4) is 11.4 Å². The number of aryl methyl sites for hydroxylation is 1. The Morgan fingerprint density at radius 3 is 2.48 bits per heavy atom. The van der Waals surface area contributed by atoms with Crippen LogP contribution in [-0.4, -0.2) is 34.9 Å². The Kier molecular flexibility index (Phi) is 6.29. The van der Waals surface area contributed by atoms with Crippen LogP contribution in [0, 0.1) is 6.92 Å². The van der Waals surface area contributed by atoms with Gasteiger partial charge in [0.1, 0.15) is 5.75 Å². The second kappa shape index (κ2) is 9.05. The molecule has 0 radical (unpaired) electrons. The lowest BCUT2D eigenvalue weighted by Crippen LogP contribution is -2.35. The summed E-state index contributed by atoms with van der Waals surface area (Å²) in [7, 11) is 1.57. The lowest BCUT2D eigenvalue weighted by Gasteiger charge is -2.15. The molecule has 150 valence electrons. The number of esters is 1. The molecule has 29 heavy (non-hydrogen) atoms. The van der Waals surface area contributed by atoms with E-state index in [1.165, 1.54) is 6.92 Å². The number of nitrogens with one attached hydrogen (secondary N) is 1. The summed E-state index contributed by atoms with van der Waals surface area (Å²) < 4.78 is 12.3. The summed E-state index contributed by atoms with van der Waals surface area (Å²) in [5.41, 5.74) is 3.03. The van der Waals surface area contributed by atoms with E-state index in [-0.39, 0.29) is 12.5 Å². The average molecular weight is 393 g/mol. The Morgan fingerprint density at radius 1 is 1.10 bits per heavy atom. The first-order valence-electron chi connectivity index (χ1n) is 9.21. The summed E-state index contributed by atoms with van der Waals surface area (Å²) >= 11 is 0. The smallest absolute Gasteiger partial charge is 0.338 e. The molecule has 7 heteroatoms. The molecule has 1 heterocycles. The van der Waals surface area contributed by atoms with Gasteiger partial charge in [0.05, 0.1) is 18.4 Å². The fourth-order valence-electron chi connectivity index (χ4n) is 2.84. The Labute approximate surface area is 169 Å². The number of aromatic nitrogens is 2. The highest BCUT2D eigenvalue weighted by molar-refractivity contribution is 5.92. The number of ether oxygens (including phenoxy) is 2. The Bertz CT molecular complexity index is 995. The van der Waals surface area contributed by atoms with Gasteiger partial charge in [-0.1, -0.05) is 18.2 Å². The summed E-state index contributed by atoms with van der Waals surface area (Å²) in [4.78, 5) is 24.6. The molecule has 0 aliphatic rings. The van der Waals surface area contributed by atoms with Gasteiger partial charge < -0.3 is 14.8 Å². The zero-order valence-electron chi connectivity index (χ0n) is 16.6. The number of amides is 1. The number of carbonyl (C=O) groups excluding carboxylic acids is 2. The van der Waals surface area contributed by atoms with Gasteiger partial charge in [-0.3, -0.25) is 4.79 Å². The average Bonchev–Trinajstić information content (AvgIpc) is 3.18. The van der Waals surface area contributed by atoms with Crippen LogP contribution in [0.5, 0.6) is 5.75 Å². The van der Waals surface area contributed by atoms with Gasteiger partial charge in [0, 0.05) is 24.0 Å². The molecular formula is C22H23N3O4. The third-order valence-corrected chi connectivity index (χ3v) is 4.48. The minimum absolute atomic E-state index is 0.280. The Hall–Kier alpha value is -3.61. The van der Waals surface area contributed by atoms with Gasteiger partial charge in [-0.25, -0.2) is 9.48 Å². The highest BCUT2D eigenvalue weighted by Crippen LogP contribution is 2.17. The molecule has 1 atom stereocenters. The molecule has 0 saturated heterocycles. The highest BCUT2D eigenvalue weighted by Gasteiger charge is 2.19. The van der Waals surface area contributed by atoms with E-state index in [0.29, 0.717) is 11.3 Å². The molecule has 2 aromatic carbocycles.